The zero-order valence-electron chi connectivity index (χ0n) is 14.2. The Balaban J connectivity index is 1.84. The molecule has 132 valence electrons. The molecule has 1 saturated heterocycles. The van der Waals surface area contributed by atoms with Gasteiger partial charge in [0, 0.05) is 24.9 Å². The third kappa shape index (κ3) is 4.20. The van der Waals surface area contributed by atoms with Gasteiger partial charge in [-0.05, 0) is 49.6 Å². The van der Waals surface area contributed by atoms with E-state index in [2.05, 4.69) is 10.2 Å². The molecule has 2 aromatic carbocycles. The van der Waals surface area contributed by atoms with Crippen LogP contribution in [0.1, 0.15) is 29.6 Å². The molecule has 1 heterocycles. The molecule has 5 nitrogen and oxygen atoms in total. The summed E-state index contributed by atoms with van der Waals surface area (Å²) in [5.74, 6) is -0.310. The Morgan fingerprint density at radius 1 is 1.00 bits per heavy atom. The van der Waals surface area contributed by atoms with Crippen LogP contribution in [0.4, 0.5) is 11.4 Å². The molecule has 1 aliphatic heterocycles. The number of benzene rings is 2. The van der Waals surface area contributed by atoms with Crippen LogP contribution in [0.2, 0.25) is 0 Å². The van der Waals surface area contributed by atoms with Gasteiger partial charge in [0.05, 0.1) is 16.3 Å². The van der Waals surface area contributed by atoms with Gasteiger partial charge >= 0.3 is 0 Å². The third-order valence-electron chi connectivity index (χ3n) is 4.37. The summed E-state index contributed by atoms with van der Waals surface area (Å²) < 4.78 is 23.4. The lowest BCUT2D eigenvalue weighted by molar-refractivity contribution is 0.102. The molecule has 0 aromatic heterocycles. The van der Waals surface area contributed by atoms with Gasteiger partial charge in [-0.15, -0.1) is 0 Å². The predicted octanol–water partition coefficient (Wildman–Crippen LogP) is 3.33. The number of hydrogen-bond donors (Lipinski definition) is 1. The summed E-state index contributed by atoms with van der Waals surface area (Å²) in [6.07, 6.45) is 4.68. The molecule has 6 heteroatoms. The topological polar surface area (TPSA) is 66.5 Å². The molecule has 1 N–H and O–H groups in total. The summed E-state index contributed by atoms with van der Waals surface area (Å²) in [6, 6.07) is 13.8. The van der Waals surface area contributed by atoms with Crippen molar-refractivity contribution in [1.29, 1.82) is 0 Å². The molecule has 2 aromatic rings. The van der Waals surface area contributed by atoms with E-state index in [1.165, 1.54) is 18.6 Å². The summed E-state index contributed by atoms with van der Waals surface area (Å²) in [6.45, 7) is 1.97. The van der Waals surface area contributed by atoms with Gasteiger partial charge in [-0.25, -0.2) is 8.42 Å². The van der Waals surface area contributed by atoms with Crippen molar-refractivity contribution in [2.75, 3.05) is 29.6 Å². The van der Waals surface area contributed by atoms with Crippen molar-refractivity contribution in [3.8, 4) is 0 Å². The van der Waals surface area contributed by atoms with Gasteiger partial charge in [-0.1, -0.05) is 18.2 Å². The molecule has 25 heavy (non-hydrogen) atoms. The molecule has 0 bridgehead atoms. The fraction of sp³-hybridized carbons (Fsp3) is 0.316. The molecule has 0 atom stereocenters. The van der Waals surface area contributed by atoms with Gasteiger partial charge in [-0.3, -0.25) is 4.79 Å². The van der Waals surface area contributed by atoms with E-state index in [4.69, 9.17) is 0 Å². The van der Waals surface area contributed by atoms with Crippen molar-refractivity contribution < 1.29 is 13.2 Å². The Hall–Kier alpha value is -2.34. The van der Waals surface area contributed by atoms with E-state index in [9.17, 15) is 13.2 Å². The van der Waals surface area contributed by atoms with Crippen LogP contribution in [0.15, 0.2) is 53.4 Å². The zero-order valence-corrected chi connectivity index (χ0v) is 15.1. The molecule has 0 unspecified atom stereocenters. The van der Waals surface area contributed by atoms with E-state index in [1.54, 1.807) is 12.1 Å². The van der Waals surface area contributed by atoms with Crippen LogP contribution in [-0.2, 0) is 9.84 Å². The molecular formula is C19H22N2O3S. The van der Waals surface area contributed by atoms with Crippen LogP contribution >= 0.6 is 0 Å². The van der Waals surface area contributed by atoms with E-state index in [1.807, 2.05) is 24.3 Å². The monoisotopic (exact) mass is 358 g/mol. The third-order valence-corrected chi connectivity index (χ3v) is 5.48. The van der Waals surface area contributed by atoms with Crippen LogP contribution in [0.5, 0.6) is 0 Å². The maximum Gasteiger partial charge on any atom is 0.255 e. The maximum absolute atomic E-state index is 12.6. The molecule has 0 radical (unpaired) electrons. The van der Waals surface area contributed by atoms with Crippen molar-refractivity contribution in [3.05, 3.63) is 54.1 Å². The highest BCUT2D eigenvalue weighted by Crippen LogP contribution is 2.28. The van der Waals surface area contributed by atoms with Crippen molar-refractivity contribution in [1.82, 2.24) is 0 Å². The second-order valence-corrected chi connectivity index (χ2v) is 8.33. The van der Waals surface area contributed by atoms with E-state index in [0.717, 1.165) is 43.6 Å². The number of amides is 1. The number of piperidine rings is 1. The van der Waals surface area contributed by atoms with E-state index >= 15 is 0 Å². The van der Waals surface area contributed by atoms with Crippen LogP contribution in [0, 0.1) is 0 Å². The van der Waals surface area contributed by atoms with E-state index in [0.29, 0.717) is 5.56 Å². The van der Waals surface area contributed by atoms with Crippen LogP contribution in [0.3, 0.4) is 0 Å². The Labute approximate surface area is 148 Å². The van der Waals surface area contributed by atoms with Crippen molar-refractivity contribution in [2.24, 2.45) is 0 Å². The van der Waals surface area contributed by atoms with Crippen molar-refractivity contribution in [2.45, 2.75) is 24.2 Å². The quantitative estimate of drug-likeness (QED) is 0.910. The fourth-order valence-corrected chi connectivity index (χ4v) is 3.72. The molecule has 0 spiro atoms. The first-order valence-corrected chi connectivity index (χ1v) is 10.3. The second kappa shape index (κ2) is 7.27. The van der Waals surface area contributed by atoms with Crippen molar-refractivity contribution >= 4 is 27.1 Å². The molecule has 1 amide bonds. The molecule has 0 saturated carbocycles. The zero-order chi connectivity index (χ0) is 17.9. The summed E-state index contributed by atoms with van der Waals surface area (Å²) in [5.41, 5.74) is 2.09. The van der Waals surface area contributed by atoms with Gasteiger partial charge in [0.25, 0.3) is 5.91 Å². The highest BCUT2D eigenvalue weighted by atomic mass is 32.2. The summed E-state index contributed by atoms with van der Waals surface area (Å²) in [5, 5.41) is 2.93. The lowest BCUT2D eigenvalue weighted by Crippen LogP contribution is -2.30. The minimum atomic E-state index is -3.35. The molecule has 1 fully saturated rings. The SMILES string of the molecule is CS(=O)(=O)c1cccc(C(=O)Nc2ccccc2N2CCCCC2)c1. The lowest BCUT2D eigenvalue weighted by Gasteiger charge is -2.30. The minimum Gasteiger partial charge on any atom is -0.370 e. The highest BCUT2D eigenvalue weighted by molar-refractivity contribution is 7.90. The van der Waals surface area contributed by atoms with Gasteiger partial charge in [-0.2, -0.15) is 0 Å². The molecule has 3 rings (SSSR count). The highest BCUT2D eigenvalue weighted by Gasteiger charge is 2.17. The van der Waals surface area contributed by atoms with Crippen molar-refractivity contribution in [3.63, 3.8) is 0 Å². The standard InChI is InChI=1S/C19H22N2O3S/c1-25(23,24)16-9-7-8-15(14-16)19(22)20-17-10-3-4-11-18(17)21-12-5-2-6-13-21/h3-4,7-11,14H,2,5-6,12-13H2,1H3,(H,20,22). The average molecular weight is 358 g/mol. The number of para-hydroxylation sites is 2. The maximum atomic E-state index is 12.6. The molecule has 1 aliphatic rings. The molecular weight excluding hydrogens is 336 g/mol. The van der Waals surface area contributed by atoms with E-state index < -0.39 is 9.84 Å². The summed E-state index contributed by atoms with van der Waals surface area (Å²) in [4.78, 5) is 15.0. The average Bonchev–Trinajstić information content (AvgIpc) is 2.62. The number of hydrogen-bond acceptors (Lipinski definition) is 4. The first-order valence-electron chi connectivity index (χ1n) is 8.40. The van der Waals surface area contributed by atoms with Crippen LogP contribution in [0.25, 0.3) is 0 Å². The number of nitrogens with one attached hydrogen (secondary N) is 1. The number of carbonyl (C=O) groups is 1. The number of carbonyl (C=O) groups excluding carboxylic acids is 1. The largest absolute Gasteiger partial charge is 0.370 e. The normalized spacial score (nSPS) is 15.0. The van der Waals surface area contributed by atoms with Gasteiger partial charge in [0.1, 0.15) is 0 Å². The van der Waals surface area contributed by atoms with Gasteiger partial charge in [0.15, 0.2) is 9.84 Å². The summed E-state index contributed by atoms with van der Waals surface area (Å²) >= 11 is 0. The Morgan fingerprint density at radius 3 is 2.44 bits per heavy atom. The number of rotatable bonds is 4. The predicted molar refractivity (Wildman–Crippen MR) is 100 cm³/mol. The Bertz CT molecular complexity index is 872. The summed E-state index contributed by atoms with van der Waals surface area (Å²) in [7, 11) is -3.35. The Morgan fingerprint density at radius 2 is 1.72 bits per heavy atom. The number of anilines is 2. The first kappa shape index (κ1) is 17.5. The van der Waals surface area contributed by atoms with Crippen LogP contribution in [-0.4, -0.2) is 33.7 Å². The first-order chi connectivity index (χ1) is 11.9. The smallest absolute Gasteiger partial charge is 0.255 e. The van der Waals surface area contributed by atoms with Gasteiger partial charge < -0.3 is 10.2 Å². The number of nitrogens with zero attached hydrogens (tertiary/aromatic N) is 1. The molecule has 0 aliphatic carbocycles. The lowest BCUT2D eigenvalue weighted by atomic mass is 10.1. The van der Waals surface area contributed by atoms with E-state index in [-0.39, 0.29) is 10.8 Å². The Kier molecular flexibility index (Phi) is 5.08. The minimum absolute atomic E-state index is 0.143. The fourth-order valence-electron chi connectivity index (χ4n) is 3.05. The second-order valence-electron chi connectivity index (χ2n) is 6.32. The number of sulfone groups is 1. The van der Waals surface area contributed by atoms with Gasteiger partial charge in [0.2, 0.25) is 0 Å². The van der Waals surface area contributed by atoms with Crippen LogP contribution < -0.4 is 10.2 Å².